The van der Waals surface area contributed by atoms with Crippen molar-refractivity contribution in [3.8, 4) is 0 Å². The van der Waals surface area contributed by atoms with Crippen molar-refractivity contribution in [2.75, 3.05) is 19.0 Å². The molecule has 0 fully saturated rings. The predicted octanol–water partition coefficient (Wildman–Crippen LogP) is 3.05. The van der Waals surface area contributed by atoms with Gasteiger partial charge in [0.2, 0.25) is 0 Å². The number of nitrogens with one attached hydrogen (secondary N) is 1. The predicted molar refractivity (Wildman–Crippen MR) is 63.3 cm³/mol. The number of nitro groups is 1. The van der Waals surface area contributed by atoms with E-state index in [4.69, 9.17) is 0 Å². The molecule has 5 nitrogen and oxygen atoms in total. The molecule has 1 aromatic carbocycles. The molecule has 0 aliphatic carbocycles. The summed E-state index contributed by atoms with van der Waals surface area (Å²) in [5, 5.41) is 13.3. The largest absolute Gasteiger partial charge is 0.382 e. The first-order chi connectivity index (χ1) is 9.29. The molecular formula is C11H12F4N2O3. The highest BCUT2D eigenvalue weighted by Gasteiger charge is 2.41. The van der Waals surface area contributed by atoms with Gasteiger partial charge in [0, 0.05) is 18.7 Å². The van der Waals surface area contributed by atoms with Crippen molar-refractivity contribution >= 4 is 11.4 Å². The van der Waals surface area contributed by atoms with E-state index in [9.17, 15) is 27.7 Å². The molecule has 0 saturated heterocycles. The second kappa shape index (κ2) is 6.51. The third-order valence-corrected chi connectivity index (χ3v) is 2.45. The highest BCUT2D eigenvalue weighted by Crippen LogP contribution is 2.29. The number of nitrogens with zero attached hydrogens (tertiary/aromatic N) is 1. The topological polar surface area (TPSA) is 64.4 Å². The molecule has 0 aliphatic heterocycles. The summed E-state index contributed by atoms with van der Waals surface area (Å²) in [6.45, 7) is -1.91. The van der Waals surface area contributed by atoms with E-state index in [-0.39, 0.29) is 16.9 Å². The molecule has 0 amide bonds. The SMILES string of the molecule is CNc1c(COCC(F)(F)C(F)F)cccc1[N+](=O)[O-]. The minimum atomic E-state index is -4.25. The number of ether oxygens (including phenoxy) is 1. The van der Waals surface area contributed by atoms with Gasteiger partial charge in [0.25, 0.3) is 5.69 Å². The minimum absolute atomic E-state index is 0.0952. The van der Waals surface area contributed by atoms with Crippen LogP contribution in [0.5, 0.6) is 0 Å². The molecule has 20 heavy (non-hydrogen) atoms. The Morgan fingerprint density at radius 3 is 2.60 bits per heavy atom. The number of alkyl halides is 4. The number of halogens is 4. The van der Waals surface area contributed by atoms with Crippen molar-refractivity contribution in [3.05, 3.63) is 33.9 Å². The number of hydrogen-bond acceptors (Lipinski definition) is 4. The maximum Gasteiger partial charge on any atom is 0.330 e. The van der Waals surface area contributed by atoms with Crippen LogP contribution in [0.3, 0.4) is 0 Å². The molecule has 0 bridgehead atoms. The van der Waals surface area contributed by atoms with Crippen LogP contribution in [0.15, 0.2) is 18.2 Å². The summed E-state index contributed by atoms with van der Waals surface area (Å²) >= 11 is 0. The molecule has 9 heteroatoms. The van der Waals surface area contributed by atoms with Crippen LogP contribution >= 0.6 is 0 Å². The van der Waals surface area contributed by atoms with Crippen LogP contribution < -0.4 is 5.32 Å². The molecule has 1 rings (SSSR count). The average Bonchev–Trinajstić information content (AvgIpc) is 2.37. The fourth-order valence-corrected chi connectivity index (χ4v) is 1.51. The van der Waals surface area contributed by atoms with Gasteiger partial charge in [-0.2, -0.15) is 8.78 Å². The zero-order chi connectivity index (χ0) is 15.3. The van der Waals surface area contributed by atoms with E-state index < -0.39 is 30.5 Å². The summed E-state index contributed by atoms with van der Waals surface area (Å²) < 4.78 is 53.7. The van der Waals surface area contributed by atoms with Gasteiger partial charge in [0.05, 0.1) is 11.5 Å². The lowest BCUT2D eigenvalue weighted by molar-refractivity contribution is -0.384. The van der Waals surface area contributed by atoms with Crippen LogP contribution in [-0.2, 0) is 11.3 Å². The fraction of sp³-hybridized carbons (Fsp3) is 0.455. The Kier molecular flexibility index (Phi) is 5.26. The highest BCUT2D eigenvalue weighted by atomic mass is 19.3. The smallest absolute Gasteiger partial charge is 0.330 e. The normalized spacial score (nSPS) is 11.7. The van der Waals surface area contributed by atoms with Crippen molar-refractivity contribution in [2.45, 2.75) is 19.0 Å². The molecule has 0 unspecified atom stereocenters. The molecule has 0 radical (unpaired) electrons. The number of nitro benzene ring substituents is 1. The third-order valence-electron chi connectivity index (χ3n) is 2.45. The number of anilines is 1. The van der Waals surface area contributed by atoms with Gasteiger partial charge in [0.1, 0.15) is 12.3 Å². The molecule has 112 valence electrons. The molecule has 0 saturated carbocycles. The average molecular weight is 296 g/mol. The lowest BCUT2D eigenvalue weighted by atomic mass is 10.1. The molecule has 1 aromatic rings. The van der Waals surface area contributed by atoms with Crippen LogP contribution in [0.25, 0.3) is 0 Å². The van der Waals surface area contributed by atoms with Crippen LogP contribution in [0.4, 0.5) is 28.9 Å². The van der Waals surface area contributed by atoms with Crippen molar-refractivity contribution in [2.24, 2.45) is 0 Å². The molecule has 1 N–H and O–H groups in total. The van der Waals surface area contributed by atoms with Gasteiger partial charge >= 0.3 is 12.3 Å². The summed E-state index contributed by atoms with van der Waals surface area (Å²) in [4.78, 5) is 10.1. The Bertz CT molecular complexity index is 483. The van der Waals surface area contributed by atoms with Gasteiger partial charge in [-0.15, -0.1) is 0 Å². The summed E-state index contributed by atoms with van der Waals surface area (Å²) in [5.41, 5.74) is 0.0684. The van der Waals surface area contributed by atoms with E-state index in [1.807, 2.05) is 0 Å². The Labute approximate surface area is 111 Å². The Morgan fingerprint density at radius 2 is 2.10 bits per heavy atom. The summed E-state index contributed by atoms with van der Waals surface area (Å²) in [6, 6.07) is 3.99. The fourth-order valence-electron chi connectivity index (χ4n) is 1.51. The molecule has 0 aromatic heterocycles. The monoisotopic (exact) mass is 296 g/mol. The van der Waals surface area contributed by atoms with Crippen molar-refractivity contribution in [1.82, 2.24) is 0 Å². The summed E-state index contributed by atoms with van der Waals surface area (Å²) in [5.74, 6) is -4.25. The van der Waals surface area contributed by atoms with E-state index in [1.165, 1.54) is 25.2 Å². The summed E-state index contributed by atoms with van der Waals surface area (Å²) in [6.07, 6.45) is -3.82. The quantitative estimate of drug-likeness (QED) is 0.477. The second-order valence-electron chi connectivity index (χ2n) is 3.87. The molecular weight excluding hydrogens is 284 g/mol. The number of rotatable bonds is 7. The standard InChI is InChI=1S/C11H12F4N2O3/c1-16-9-7(3-2-4-8(9)17(18)19)5-20-6-11(14,15)10(12)13/h2-4,10,16H,5-6H2,1H3. The maximum absolute atomic E-state index is 12.6. The van der Waals surface area contributed by atoms with E-state index >= 15 is 0 Å². The van der Waals surface area contributed by atoms with Crippen molar-refractivity contribution in [3.63, 3.8) is 0 Å². The summed E-state index contributed by atoms with van der Waals surface area (Å²) in [7, 11) is 1.42. The zero-order valence-corrected chi connectivity index (χ0v) is 10.4. The van der Waals surface area contributed by atoms with Gasteiger partial charge in [-0.3, -0.25) is 10.1 Å². The van der Waals surface area contributed by atoms with Crippen molar-refractivity contribution in [1.29, 1.82) is 0 Å². The van der Waals surface area contributed by atoms with E-state index in [1.54, 1.807) is 0 Å². The number of para-hydroxylation sites is 1. The third kappa shape index (κ3) is 3.80. The van der Waals surface area contributed by atoms with Crippen LogP contribution in [0, 0.1) is 10.1 Å². The lowest BCUT2D eigenvalue weighted by Gasteiger charge is -2.16. The van der Waals surface area contributed by atoms with Crippen LogP contribution in [0.2, 0.25) is 0 Å². The Morgan fingerprint density at radius 1 is 1.45 bits per heavy atom. The first kappa shape index (κ1) is 16.2. The van der Waals surface area contributed by atoms with Crippen molar-refractivity contribution < 1.29 is 27.2 Å². The van der Waals surface area contributed by atoms with Gasteiger partial charge in [-0.25, -0.2) is 8.78 Å². The zero-order valence-electron chi connectivity index (χ0n) is 10.4. The molecule has 0 atom stereocenters. The highest BCUT2D eigenvalue weighted by molar-refractivity contribution is 5.65. The molecule has 0 aliphatic rings. The Hall–Kier alpha value is -1.90. The van der Waals surface area contributed by atoms with Gasteiger partial charge in [-0.1, -0.05) is 12.1 Å². The van der Waals surface area contributed by atoms with Crippen LogP contribution in [0.1, 0.15) is 5.56 Å². The second-order valence-corrected chi connectivity index (χ2v) is 3.87. The molecule has 0 spiro atoms. The maximum atomic E-state index is 12.6. The van der Waals surface area contributed by atoms with E-state index in [0.717, 1.165) is 0 Å². The first-order valence-electron chi connectivity index (χ1n) is 5.47. The van der Waals surface area contributed by atoms with E-state index in [0.29, 0.717) is 0 Å². The number of hydrogen-bond donors (Lipinski definition) is 1. The molecule has 0 heterocycles. The number of benzene rings is 1. The Balaban J connectivity index is 2.79. The first-order valence-corrected chi connectivity index (χ1v) is 5.47. The van der Waals surface area contributed by atoms with E-state index in [2.05, 4.69) is 10.1 Å². The lowest BCUT2D eigenvalue weighted by Crippen LogP contribution is -2.32. The van der Waals surface area contributed by atoms with Gasteiger partial charge in [-0.05, 0) is 0 Å². The van der Waals surface area contributed by atoms with Gasteiger partial charge in [0.15, 0.2) is 0 Å². The van der Waals surface area contributed by atoms with Gasteiger partial charge < -0.3 is 10.1 Å². The van der Waals surface area contributed by atoms with Crippen LogP contribution in [-0.4, -0.2) is 30.9 Å². The minimum Gasteiger partial charge on any atom is -0.382 e.